The zero-order chi connectivity index (χ0) is 34.8. The third kappa shape index (κ3) is 8.62. The van der Waals surface area contributed by atoms with Crippen molar-refractivity contribution < 1.29 is 62.9 Å². The van der Waals surface area contributed by atoms with Gasteiger partial charge in [0.05, 0.1) is 30.9 Å². The Hall–Kier alpha value is -4.01. The Bertz CT molecular complexity index is 1520. The summed E-state index contributed by atoms with van der Waals surface area (Å²) < 4.78 is 152. The number of methoxy groups -OCH3 is 2. The lowest BCUT2D eigenvalue weighted by Gasteiger charge is -2.27. The van der Waals surface area contributed by atoms with E-state index in [2.05, 4.69) is 10.1 Å². The van der Waals surface area contributed by atoms with E-state index in [1.807, 2.05) is 0 Å². The molecule has 0 aromatic heterocycles. The fourth-order valence-electron chi connectivity index (χ4n) is 4.70. The number of ether oxygens (including phenoxy) is 3. The van der Waals surface area contributed by atoms with Crippen LogP contribution in [0, 0.1) is 5.82 Å². The standard InChI is InChI=1S/C31H29F10NO4/c1-15(2)23-12-24(26(44-4)13-25(23)32)22-7-6-19(29(33,34)35)10-18(22)14-42-16(3)27(46-28(43)45-5)17-8-20(30(36,37)38)11-21(9-17)31(39,40)41/h6-13,15-16,27,42H,14H2,1-5H3/t16-,27-/m0/s1. The number of carbonyl (C=O) groups is 1. The molecule has 0 aliphatic carbocycles. The third-order valence-corrected chi connectivity index (χ3v) is 7.06. The SMILES string of the molecule is COC(=O)O[C@H](c1cc(C(F)(F)F)cc(C(F)(F)F)c1)[C@H](C)NCc1cc(C(F)(F)F)ccc1-c1cc(C(C)C)c(F)cc1OC. The van der Waals surface area contributed by atoms with Crippen LogP contribution in [0.3, 0.4) is 0 Å². The number of carbonyl (C=O) groups excluding carboxylic acids is 1. The highest BCUT2D eigenvalue weighted by Crippen LogP contribution is 2.41. The minimum absolute atomic E-state index is 0.00787. The van der Waals surface area contributed by atoms with Crippen molar-refractivity contribution >= 4 is 6.16 Å². The van der Waals surface area contributed by atoms with Gasteiger partial charge < -0.3 is 19.5 Å². The molecule has 15 heteroatoms. The molecule has 0 saturated carbocycles. The summed E-state index contributed by atoms with van der Waals surface area (Å²) in [4.78, 5) is 12.0. The van der Waals surface area contributed by atoms with E-state index in [1.54, 1.807) is 13.8 Å². The lowest BCUT2D eigenvalue weighted by atomic mass is 9.92. The van der Waals surface area contributed by atoms with Crippen LogP contribution in [0.1, 0.15) is 66.2 Å². The Balaban J connectivity index is 2.14. The van der Waals surface area contributed by atoms with Crippen molar-refractivity contribution in [2.75, 3.05) is 14.2 Å². The molecule has 0 aliphatic rings. The molecule has 0 saturated heterocycles. The van der Waals surface area contributed by atoms with Gasteiger partial charge in [0.1, 0.15) is 17.7 Å². The number of halogens is 10. The van der Waals surface area contributed by atoms with Crippen molar-refractivity contribution in [3.8, 4) is 16.9 Å². The Morgan fingerprint density at radius 2 is 1.33 bits per heavy atom. The maximum atomic E-state index is 14.7. The van der Waals surface area contributed by atoms with Gasteiger partial charge in [-0.2, -0.15) is 39.5 Å². The molecule has 0 aliphatic heterocycles. The predicted molar refractivity (Wildman–Crippen MR) is 146 cm³/mol. The maximum Gasteiger partial charge on any atom is 0.508 e. The number of hydrogen-bond acceptors (Lipinski definition) is 5. The molecule has 5 nitrogen and oxygen atoms in total. The topological polar surface area (TPSA) is 56.8 Å². The quantitative estimate of drug-likeness (QED) is 0.182. The molecule has 0 spiro atoms. The first-order valence-electron chi connectivity index (χ1n) is 13.5. The van der Waals surface area contributed by atoms with E-state index in [4.69, 9.17) is 9.47 Å². The Labute approximate surface area is 257 Å². The first-order valence-corrected chi connectivity index (χ1v) is 13.5. The van der Waals surface area contributed by atoms with Gasteiger partial charge in [-0.1, -0.05) is 19.9 Å². The average Bonchev–Trinajstić information content (AvgIpc) is 2.96. The molecule has 3 aromatic rings. The Kier molecular flexibility index (Phi) is 10.9. The van der Waals surface area contributed by atoms with Crippen LogP contribution < -0.4 is 10.1 Å². The van der Waals surface area contributed by atoms with Crippen LogP contribution in [-0.2, 0) is 34.5 Å². The van der Waals surface area contributed by atoms with Gasteiger partial charge in [0.25, 0.3) is 0 Å². The van der Waals surface area contributed by atoms with Crippen molar-refractivity contribution in [1.82, 2.24) is 5.32 Å². The normalized spacial score (nSPS) is 13.8. The molecule has 0 bridgehead atoms. The third-order valence-electron chi connectivity index (χ3n) is 7.06. The van der Waals surface area contributed by atoms with E-state index < -0.39 is 71.4 Å². The molecular formula is C31H29F10NO4. The second-order valence-corrected chi connectivity index (χ2v) is 10.6. The number of nitrogens with one attached hydrogen (secondary N) is 1. The molecule has 3 aromatic carbocycles. The fraction of sp³-hybridized carbons (Fsp3) is 0.387. The summed E-state index contributed by atoms with van der Waals surface area (Å²) in [5, 5.41) is 2.74. The van der Waals surface area contributed by atoms with E-state index in [9.17, 15) is 48.7 Å². The smallest absolute Gasteiger partial charge is 0.496 e. The summed E-state index contributed by atoms with van der Waals surface area (Å²) in [7, 11) is 2.09. The number of hydrogen-bond donors (Lipinski definition) is 1. The molecule has 1 N–H and O–H groups in total. The van der Waals surface area contributed by atoms with Gasteiger partial charge in [0.15, 0.2) is 0 Å². The largest absolute Gasteiger partial charge is 0.508 e. The van der Waals surface area contributed by atoms with Crippen LogP contribution in [-0.4, -0.2) is 26.4 Å². The zero-order valence-electron chi connectivity index (χ0n) is 25.0. The lowest BCUT2D eigenvalue weighted by Crippen LogP contribution is -2.35. The van der Waals surface area contributed by atoms with E-state index in [1.165, 1.54) is 20.1 Å². The van der Waals surface area contributed by atoms with Gasteiger partial charge in [-0.05, 0) is 71.5 Å². The van der Waals surface area contributed by atoms with E-state index >= 15 is 0 Å². The van der Waals surface area contributed by atoms with E-state index in [0.717, 1.165) is 31.4 Å². The monoisotopic (exact) mass is 669 g/mol. The van der Waals surface area contributed by atoms with Crippen LogP contribution in [0.4, 0.5) is 48.7 Å². The Morgan fingerprint density at radius 3 is 1.80 bits per heavy atom. The molecule has 0 unspecified atom stereocenters. The number of alkyl halides is 9. The van der Waals surface area contributed by atoms with Crippen molar-refractivity contribution in [3.63, 3.8) is 0 Å². The van der Waals surface area contributed by atoms with Crippen LogP contribution in [0.15, 0.2) is 48.5 Å². The van der Waals surface area contributed by atoms with Crippen molar-refractivity contribution in [3.05, 3.63) is 87.7 Å². The predicted octanol–water partition coefficient (Wildman–Crippen LogP) is 9.68. The van der Waals surface area contributed by atoms with Gasteiger partial charge in [0, 0.05) is 24.2 Å². The molecule has 0 amide bonds. The van der Waals surface area contributed by atoms with Gasteiger partial charge in [-0.3, -0.25) is 0 Å². The van der Waals surface area contributed by atoms with Crippen molar-refractivity contribution in [1.29, 1.82) is 0 Å². The first kappa shape index (κ1) is 36.5. The summed E-state index contributed by atoms with van der Waals surface area (Å²) >= 11 is 0. The minimum atomic E-state index is -5.21. The summed E-state index contributed by atoms with van der Waals surface area (Å²) in [6, 6.07) is 4.54. The fourth-order valence-corrected chi connectivity index (χ4v) is 4.70. The summed E-state index contributed by atoms with van der Waals surface area (Å²) in [6.45, 7) is 4.17. The van der Waals surface area contributed by atoms with Gasteiger partial charge in [0.2, 0.25) is 0 Å². The van der Waals surface area contributed by atoms with Crippen molar-refractivity contribution in [2.45, 2.75) is 63.9 Å². The molecule has 0 fully saturated rings. The second kappa shape index (κ2) is 13.8. The highest BCUT2D eigenvalue weighted by molar-refractivity contribution is 5.75. The van der Waals surface area contributed by atoms with Gasteiger partial charge in [-0.25, -0.2) is 9.18 Å². The molecule has 2 atom stereocenters. The second-order valence-electron chi connectivity index (χ2n) is 10.6. The molecule has 0 heterocycles. The molecule has 252 valence electrons. The number of rotatable bonds is 9. The number of benzene rings is 3. The maximum absolute atomic E-state index is 14.7. The summed E-state index contributed by atoms with van der Waals surface area (Å²) in [5.74, 6) is -0.949. The van der Waals surface area contributed by atoms with Gasteiger partial charge >= 0.3 is 24.7 Å². The van der Waals surface area contributed by atoms with Crippen LogP contribution in [0.5, 0.6) is 5.75 Å². The van der Waals surface area contributed by atoms with Crippen LogP contribution in [0.25, 0.3) is 11.1 Å². The van der Waals surface area contributed by atoms with E-state index in [0.29, 0.717) is 12.1 Å². The molecule has 3 rings (SSSR count). The molecule has 0 radical (unpaired) electrons. The zero-order valence-corrected chi connectivity index (χ0v) is 25.0. The minimum Gasteiger partial charge on any atom is -0.496 e. The van der Waals surface area contributed by atoms with Crippen LogP contribution >= 0.6 is 0 Å². The lowest BCUT2D eigenvalue weighted by molar-refractivity contribution is -0.143. The summed E-state index contributed by atoms with van der Waals surface area (Å²) in [6.07, 6.45) is -18.5. The highest BCUT2D eigenvalue weighted by atomic mass is 19.4. The van der Waals surface area contributed by atoms with Crippen LogP contribution in [0.2, 0.25) is 0 Å². The van der Waals surface area contributed by atoms with Gasteiger partial charge in [-0.15, -0.1) is 0 Å². The van der Waals surface area contributed by atoms with E-state index in [-0.39, 0.29) is 40.0 Å². The molecular weight excluding hydrogens is 640 g/mol. The Morgan fingerprint density at radius 1 is 0.761 bits per heavy atom. The highest BCUT2D eigenvalue weighted by Gasteiger charge is 2.39. The first-order chi connectivity index (χ1) is 21.2. The molecule has 46 heavy (non-hydrogen) atoms. The van der Waals surface area contributed by atoms with Crippen molar-refractivity contribution in [2.24, 2.45) is 0 Å². The average molecular weight is 670 g/mol. The summed E-state index contributed by atoms with van der Waals surface area (Å²) in [5.41, 5.74) is -4.55.